The normalized spacial score (nSPS) is 24.0. The van der Waals surface area contributed by atoms with Gasteiger partial charge in [0.15, 0.2) is 12.6 Å². The van der Waals surface area contributed by atoms with Crippen molar-refractivity contribution in [2.75, 3.05) is 13.2 Å². The van der Waals surface area contributed by atoms with Crippen LogP contribution in [0.5, 0.6) is 0 Å². The van der Waals surface area contributed by atoms with Crippen LogP contribution >= 0.6 is 7.82 Å². The monoisotopic (exact) mass is 1190 g/mol. The Hall–Kier alpha value is -1.84. The first kappa shape index (κ1) is 76.3. The van der Waals surface area contributed by atoms with E-state index in [2.05, 4.69) is 45.3 Å². The van der Waals surface area contributed by atoms with Crippen molar-refractivity contribution >= 4 is 25.6 Å². The van der Waals surface area contributed by atoms with E-state index >= 15 is 0 Å². The van der Waals surface area contributed by atoms with E-state index in [1.54, 1.807) is 0 Å². The third kappa shape index (κ3) is 36.3. The van der Waals surface area contributed by atoms with Gasteiger partial charge in [0.25, 0.3) is 0 Å². The lowest BCUT2D eigenvalue weighted by atomic mass is 9.95. The Labute approximate surface area is 494 Å². The quantitative estimate of drug-likeness (QED) is 0.0154. The van der Waals surface area contributed by atoms with Gasteiger partial charge in [-0.25, -0.2) is 4.57 Å². The number of carbonyl (C=O) groups is 3. The van der Waals surface area contributed by atoms with E-state index in [1.165, 1.54) is 122 Å². The van der Waals surface area contributed by atoms with Gasteiger partial charge in [0.05, 0.1) is 32.2 Å². The van der Waals surface area contributed by atoms with Gasteiger partial charge in [0.2, 0.25) is 11.8 Å². The van der Waals surface area contributed by atoms with Gasteiger partial charge in [0, 0.05) is 6.42 Å². The molecule has 2 amide bonds. The molecule has 2 saturated heterocycles. The van der Waals surface area contributed by atoms with Gasteiger partial charge in [-0.05, 0) is 37.5 Å². The average Bonchev–Trinajstić information content (AvgIpc) is 3.53. The lowest BCUT2D eigenvalue weighted by Gasteiger charge is -2.45. The van der Waals surface area contributed by atoms with Crippen LogP contribution < -0.4 is 10.6 Å². The fourth-order valence-corrected chi connectivity index (χ4v) is 11.5. The molecule has 0 aromatic rings. The minimum Gasteiger partial charge on any atom is -0.462 e. The maximum absolute atomic E-state index is 13.9. The highest BCUT2D eigenvalue weighted by atomic mass is 31.2. The molecule has 19 nitrogen and oxygen atoms in total. The highest BCUT2D eigenvalue weighted by Gasteiger charge is 2.50. The molecule has 0 aromatic heterocycles. The molecule has 2 fully saturated rings. The zero-order chi connectivity index (χ0) is 60.5. The molecule has 0 aliphatic carbocycles. The van der Waals surface area contributed by atoms with Crippen molar-refractivity contribution in [2.45, 2.75) is 352 Å². The molecule has 6 unspecified atom stereocenters. The number of hydrogen-bond donors (Lipinski definition) is 10. The molecule has 2 aliphatic rings. The second kappa shape index (κ2) is 46.3. The molecule has 2 aliphatic heterocycles. The molecule has 12 atom stereocenters. The Morgan fingerprint density at radius 3 is 1.32 bits per heavy atom. The average molecular weight is 1200 g/mol. The third-order valence-electron chi connectivity index (χ3n) is 16.1. The highest BCUT2D eigenvalue weighted by molar-refractivity contribution is 7.46. The van der Waals surface area contributed by atoms with Crippen LogP contribution in [0.3, 0.4) is 0 Å². The summed E-state index contributed by atoms with van der Waals surface area (Å²) in [6.45, 7) is 9.70. The van der Waals surface area contributed by atoms with E-state index in [0.717, 1.165) is 82.5 Å². The fourth-order valence-electron chi connectivity index (χ4n) is 11.1. The number of phosphoric ester groups is 1. The molecule has 82 heavy (non-hydrogen) atoms. The van der Waals surface area contributed by atoms with Crippen LogP contribution in [-0.4, -0.2) is 145 Å². The number of amides is 2. The predicted molar refractivity (Wildman–Crippen MR) is 318 cm³/mol. The molecule has 2 rings (SSSR count). The summed E-state index contributed by atoms with van der Waals surface area (Å²) < 4.78 is 40.3. The van der Waals surface area contributed by atoms with Gasteiger partial charge in [-0.1, -0.05) is 234 Å². The number of hydrogen-bond acceptors (Lipinski definition) is 15. The number of nitrogens with one attached hydrogen (secondary N) is 2. The number of esters is 1. The number of aliphatic hydroxyl groups excluding tert-OH is 6. The molecule has 0 radical (unpaired) electrons. The topological polar surface area (TPSA) is 300 Å². The molecule has 0 spiro atoms. The van der Waals surface area contributed by atoms with Crippen molar-refractivity contribution in [1.82, 2.24) is 10.6 Å². The van der Waals surface area contributed by atoms with Crippen LogP contribution in [0.1, 0.15) is 279 Å². The third-order valence-corrected chi connectivity index (χ3v) is 16.6. The van der Waals surface area contributed by atoms with E-state index in [9.17, 15) is 59.4 Å². The molecule has 20 heteroatoms. The summed E-state index contributed by atoms with van der Waals surface area (Å²) in [6, 6.07) is -3.22. The van der Waals surface area contributed by atoms with Gasteiger partial charge >= 0.3 is 13.8 Å². The van der Waals surface area contributed by atoms with Crippen molar-refractivity contribution in [3.63, 3.8) is 0 Å². The van der Waals surface area contributed by atoms with E-state index in [1.807, 2.05) is 0 Å². The van der Waals surface area contributed by atoms with Crippen molar-refractivity contribution in [1.29, 1.82) is 0 Å². The number of rotatable bonds is 51. The summed E-state index contributed by atoms with van der Waals surface area (Å²) in [5.41, 5.74) is 0. The smallest absolute Gasteiger partial charge is 0.462 e. The van der Waals surface area contributed by atoms with Crippen LogP contribution in [0.15, 0.2) is 0 Å². The maximum atomic E-state index is 13.9. The number of phosphoric acid groups is 1. The van der Waals surface area contributed by atoms with E-state index < -0.39 is 119 Å². The summed E-state index contributed by atoms with van der Waals surface area (Å²) in [6.07, 6.45) is 21.7. The van der Waals surface area contributed by atoms with Crippen LogP contribution in [0.2, 0.25) is 0 Å². The van der Waals surface area contributed by atoms with Crippen LogP contribution in [-0.2, 0) is 42.4 Å². The van der Waals surface area contributed by atoms with E-state index in [-0.39, 0.29) is 12.8 Å². The fraction of sp³-hybridized carbons (Fsp3) is 0.952. The first-order valence-electron chi connectivity index (χ1n) is 32.7. The SMILES string of the molecule is CCCCCCCCCCCCCCCC(=O)OC(CCCCCCCCCCCC(C)C)CC(=O)N[C@H]1C(O)[C@H](O)C(CO)O[C@H]1OCC1O[C@H](OP(=O)(O)O)C(NC(=O)CC(O)CCCCCCCCCCCC(C)C)[C@@H](O)[C@@H]1O. The van der Waals surface area contributed by atoms with Gasteiger partial charge in [-0.15, -0.1) is 0 Å². The van der Waals surface area contributed by atoms with Gasteiger partial charge in [-0.2, -0.15) is 0 Å². The zero-order valence-corrected chi connectivity index (χ0v) is 52.5. The molecule has 0 bridgehead atoms. The van der Waals surface area contributed by atoms with Crippen LogP contribution in [0.25, 0.3) is 0 Å². The maximum Gasteiger partial charge on any atom is 0.472 e. The molecular formula is C62H119N2O17P. The van der Waals surface area contributed by atoms with Crippen LogP contribution in [0.4, 0.5) is 0 Å². The largest absolute Gasteiger partial charge is 0.472 e. The van der Waals surface area contributed by atoms with Gasteiger partial charge in [-0.3, -0.25) is 18.9 Å². The van der Waals surface area contributed by atoms with Crippen molar-refractivity contribution in [3.05, 3.63) is 0 Å². The first-order chi connectivity index (χ1) is 39.3. The second-order valence-electron chi connectivity index (χ2n) is 24.8. The summed E-state index contributed by atoms with van der Waals surface area (Å²) in [4.78, 5) is 59.8. The summed E-state index contributed by atoms with van der Waals surface area (Å²) in [5.74, 6) is -0.405. The minimum atomic E-state index is -5.36. The summed E-state index contributed by atoms with van der Waals surface area (Å²) >= 11 is 0. The molecule has 2 heterocycles. The standard InChI is InChI=1S/C62H119N2O17P/c1-6-7-8-9-10-11-12-13-14-21-26-31-36-41-54(69)78-49(40-35-30-25-20-16-18-23-28-33-38-47(4)5)43-53(68)64-55-59(72)57(70)50(44-65)79-61(55)77-45-51-58(71)60(73)56(62(80-51)81-82(74,75)76)63-52(67)42-48(66)39-34-29-24-19-15-17-22-27-32-37-46(2)3/h46-51,55-62,65-66,70-73H,6-45H2,1-5H3,(H,63,67)(H,64,68)(H2,74,75,76)/t48?,49?,50?,51?,55-,56?,57+,58+,59?,60+,61+,62+/m0/s1. The number of carbonyl (C=O) groups excluding carboxylic acids is 3. The summed E-state index contributed by atoms with van der Waals surface area (Å²) in [7, 11) is -5.36. The molecule has 10 N–H and O–H groups in total. The lowest BCUT2D eigenvalue weighted by molar-refractivity contribution is -0.296. The zero-order valence-electron chi connectivity index (χ0n) is 51.6. The lowest BCUT2D eigenvalue weighted by Crippen LogP contribution is -2.66. The van der Waals surface area contributed by atoms with E-state index in [0.29, 0.717) is 32.1 Å². The Kier molecular flexibility index (Phi) is 43.1. The molecule has 0 saturated carbocycles. The van der Waals surface area contributed by atoms with Crippen molar-refractivity contribution in [2.24, 2.45) is 11.8 Å². The Morgan fingerprint density at radius 2 is 0.878 bits per heavy atom. The molecule has 0 aromatic carbocycles. The second-order valence-corrected chi connectivity index (χ2v) is 26.0. The number of ether oxygens (including phenoxy) is 4. The van der Waals surface area contributed by atoms with Gasteiger partial charge in [0.1, 0.15) is 54.8 Å². The van der Waals surface area contributed by atoms with Gasteiger partial charge < -0.3 is 70.0 Å². The number of aliphatic hydroxyl groups is 6. The number of unbranched alkanes of at least 4 members (excludes halogenated alkanes) is 28. The van der Waals surface area contributed by atoms with Crippen molar-refractivity contribution < 1.29 is 82.8 Å². The first-order valence-corrected chi connectivity index (χ1v) is 34.2. The Bertz CT molecular complexity index is 1660. The van der Waals surface area contributed by atoms with Crippen LogP contribution in [0, 0.1) is 11.8 Å². The highest BCUT2D eigenvalue weighted by Crippen LogP contribution is 2.41. The van der Waals surface area contributed by atoms with E-state index in [4.69, 9.17) is 23.5 Å². The van der Waals surface area contributed by atoms with Crippen molar-refractivity contribution in [3.8, 4) is 0 Å². The molecule has 484 valence electrons. The predicted octanol–water partition coefficient (Wildman–Crippen LogP) is 10.4. The summed E-state index contributed by atoms with van der Waals surface area (Å²) in [5, 5.41) is 70.5. The Balaban J connectivity index is 2.03. The molecular weight excluding hydrogens is 1080 g/mol. The minimum absolute atomic E-state index is 0.214. The Morgan fingerprint density at radius 1 is 0.500 bits per heavy atom.